The van der Waals surface area contributed by atoms with E-state index < -0.39 is 11.5 Å². The number of aromatic amines is 1. The fourth-order valence-corrected chi connectivity index (χ4v) is 6.19. The van der Waals surface area contributed by atoms with Gasteiger partial charge in [-0.3, -0.25) is 14.4 Å². The molecule has 0 spiro atoms. The predicted octanol–water partition coefficient (Wildman–Crippen LogP) is 4.42. The van der Waals surface area contributed by atoms with Crippen LogP contribution in [0.1, 0.15) is 46.8 Å². The third kappa shape index (κ3) is 6.97. The van der Waals surface area contributed by atoms with Crippen LogP contribution in [-0.2, 0) is 33.6 Å². The van der Waals surface area contributed by atoms with Crippen molar-refractivity contribution >= 4 is 28.7 Å². The van der Waals surface area contributed by atoms with Crippen molar-refractivity contribution in [1.82, 2.24) is 15.2 Å². The van der Waals surface area contributed by atoms with Gasteiger partial charge in [0.15, 0.2) is 0 Å². The highest BCUT2D eigenvalue weighted by atomic mass is 16.5. The largest absolute Gasteiger partial charge is 0.466 e. The number of carbonyl (C=O) groups is 3. The molecule has 8 heteroatoms. The Hall–Kier alpha value is -4.43. The first-order chi connectivity index (χ1) is 20.9. The zero-order chi connectivity index (χ0) is 30.2. The van der Waals surface area contributed by atoms with E-state index in [1.165, 1.54) is 0 Å². The van der Waals surface area contributed by atoms with Gasteiger partial charge in [0.1, 0.15) is 6.04 Å². The summed E-state index contributed by atoms with van der Waals surface area (Å²) >= 11 is 0. The predicted molar refractivity (Wildman–Crippen MR) is 167 cm³/mol. The third-order valence-electron chi connectivity index (χ3n) is 8.31. The summed E-state index contributed by atoms with van der Waals surface area (Å²) in [6, 6.07) is 24.3. The van der Waals surface area contributed by atoms with E-state index in [1.807, 2.05) is 79.0 Å². The number of nitrogens with one attached hydrogen (secondary N) is 2. The summed E-state index contributed by atoms with van der Waals surface area (Å²) in [5.74, 6) is -0.821. The molecule has 0 bridgehead atoms. The van der Waals surface area contributed by atoms with Crippen molar-refractivity contribution in [3.8, 4) is 0 Å². The van der Waals surface area contributed by atoms with Gasteiger partial charge in [-0.1, -0.05) is 60.7 Å². The second-order valence-corrected chi connectivity index (χ2v) is 11.4. The number of likely N-dealkylation sites (tertiary alicyclic amines) is 1. The number of hydrogen-bond donors (Lipinski definition) is 3. The van der Waals surface area contributed by atoms with Crippen LogP contribution in [0, 0.1) is 5.41 Å². The van der Waals surface area contributed by atoms with Crippen LogP contribution in [0.15, 0.2) is 85.1 Å². The van der Waals surface area contributed by atoms with Crippen LogP contribution in [-0.4, -0.2) is 60.0 Å². The third-order valence-corrected chi connectivity index (χ3v) is 8.31. The van der Waals surface area contributed by atoms with E-state index in [0.717, 1.165) is 27.6 Å². The van der Waals surface area contributed by atoms with Gasteiger partial charge in [0, 0.05) is 42.2 Å². The number of esters is 1. The molecule has 0 aliphatic carbocycles. The van der Waals surface area contributed by atoms with Crippen molar-refractivity contribution in [2.75, 3.05) is 26.2 Å². The lowest BCUT2D eigenvalue weighted by molar-refractivity contribution is -0.161. The van der Waals surface area contributed by atoms with E-state index in [2.05, 4.69) is 10.3 Å². The number of nitrogens with two attached hydrogens (primary N) is 1. The maximum Gasteiger partial charge on any atom is 0.314 e. The number of carbonyl (C=O) groups excluding carboxylic acids is 3. The summed E-state index contributed by atoms with van der Waals surface area (Å²) in [5, 5.41) is 4.05. The average molecular weight is 581 g/mol. The Morgan fingerprint density at radius 2 is 1.79 bits per heavy atom. The van der Waals surface area contributed by atoms with E-state index in [0.29, 0.717) is 50.8 Å². The van der Waals surface area contributed by atoms with E-state index in [-0.39, 0.29) is 30.9 Å². The Labute approximate surface area is 252 Å². The molecule has 1 aromatic heterocycles. The molecular weight excluding hydrogens is 540 g/mol. The molecule has 1 saturated heterocycles. The van der Waals surface area contributed by atoms with E-state index in [1.54, 1.807) is 17.9 Å². The van der Waals surface area contributed by atoms with Crippen LogP contribution < -0.4 is 11.1 Å². The Morgan fingerprint density at radius 3 is 2.58 bits per heavy atom. The number of aromatic nitrogens is 1. The first kappa shape index (κ1) is 30.0. The monoisotopic (exact) mass is 580 g/mol. The van der Waals surface area contributed by atoms with Gasteiger partial charge < -0.3 is 25.7 Å². The van der Waals surface area contributed by atoms with Gasteiger partial charge in [-0.15, -0.1) is 0 Å². The minimum Gasteiger partial charge on any atom is -0.466 e. The van der Waals surface area contributed by atoms with Crippen molar-refractivity contribution in [3.63, 3.8) is 0 Å². The van der Waals surface area contributed by atoms with Crippen LogP contribution in [0.3, 0.4) is 0 Å². The number of piperidine rings is 1. The fraction of sp³-hybridized carbons (Fsp3) is 0.343. The zero-order valence-electron chi connectivity index (χ0n) is 24.7. The molecule has 224 valence electrons. The molecule has 0 saturated carbocycles. The molecule has 1 fully saturated rings. The normalized spacial score (nSPS) is 17.4. The number of amides is 2. The molecule has 1 aliphatic heterocycles. The van der Waals surface area contributed by atoms with E-state index in [9.17, 15) is 14.4 Å². The van der Waals surface area contributed by atoms with Gasteiger partial charge >= 0.3 is 5.97 Å². The minimum absolute atomic E-state index is 0.210. The maximum absolute atomic E-state index is 14.3. The van der Waals surface area contributed by atoms with Crippen molar-refractivity contribution < 1.29 is 19.1 Å². The summed E-state index contributed by atoms with van der Waals surface area (Å²) in [6.07, 6.45) is 4.62. The molecule has 2 atom stereocenters. The quantitative estimate of drug-likeness (QED) is 0.227. The molecule has 2 amide bonds. The first-order valence-electron chi connectivity index (χ1n) is 15.1. The Balaban J connectivity index is 1.44. The molecule has 2 heterocycles. The zero-order valence-corrected chi connectivity index (χ0v) is 24.7. The molecule has 3 aromatic carbocycles. The van der Waals surface area contributed by atoms with Crippen LogP contribution >= 0.6 is 0 Å². The van der Waals surface area contributed by atoms with Gasteiger partial charge in [-0.05, 0) is 74.0 Å². The number of para-hydroxylation sites is 1. The molecule has 43 heavy (non-hydrogen) atoms. The number of nitrogens with zero attached hydrogens (tertiary/aromatic N) is 1. The van der Waals surface area contributed by atoms with Crippen LogP contribution in [0.5, 0.6) is 0 Å². The second kappa shape index (κ2) is 13.7. The first-order valence-corrected chi connectivity index (χ1v) is 15.1. The molecule has 5 rings (SSSR count). The summed E-state index contributed by atoms with van der Waals surface area (Å²) < 4.78 is 5.57. The van der Waals surface area contributed by atoms with E-state index in [4.69, 9.17) is 10.5 Å². The Kier molecular flexibility index (Phi) is 9.57. The highest BCUT2D eigenvalue weighted by Crippen LogP contribution is 2.36. The smallest absolute Gasteiger partial charge is 0.314 e. The standard InChI is InChI=1S/C35H40N4O4/c1-2-43-34(42)35(22-26-10-4-3-5-11-26)17-9-19-39(24-35)33(41)31(21-28-23-37-30-15-7-6-14-29(28)30)38-32(40)27-13-8-12-25(20-27)16-18-36/h3-8,10-15,20,23,31,37H,2,9,16-19,21-22,24,36H2,1H3,(H,38,40)/t31-,35+/m1/s1. The van der Waals surface area contributed by atoms with Crippen molar-refractivity contribution in [1.29, 1.82) is 0 Å². The highest BCUT2D eigenvalue weighted by Gasteiger charge is 2.45. The molecule has 1 aliphatic rings. The number of H-pyrrole nitrogens is 1. The van der Waals surface area contributed by atoms with Crippen molar-refractivity contribution in [3.05, 3.63) is 107 Å². The Bertz CT molecular complexity index is 1570. The highest BCUT2D eigenvalue weighted by molar-refractivity contribution is 5.98. The molecular formula is C35H40N4O4. The van der Waals surface area contributed by atoms with Crippen LogP contribution in [0.2, 0.25) is 0 Å². The lowest BCUT2D eigenvalue weighted by atomic mass is 9.75. The van der Waals surface area contributed by atoms with Gasteiger partial charge in [-0.2, -0.15) is 0 Å². The maximum atomic E-state index is 14.3. The number of hydrogen-bond acceptors (Lipinski definition) is 5. The topological polar surface area (TPSA) is 118 Å². The molecule has 4 N–H and O–H groups in total. The summed E-state index contributed by atoms with van der Waals surface area (Å²) in [5.41, 5.74) is 9.23. The lowest BCUT2D eigenvalue weighted by Gasteiger charge is -2.42. The van der Waals surface area contributed by atoms with Gasteiger partial charge in [0.25, 0.3) is 5.91 Å². The van der Waals surface area contributed by atoms with E-state index >= 15 is 0 Å². The SMILES string of the molecule is CCOC(=O)[C@]1(Cc2ccccc2)CCCN(C(=O)[C@@H](Cc2c[nH]c3ccccc23)NC(=O)c2cccc(CCN)c2)C1. The number of rotatable bonds is 11. The van der Waals surface area contributed by atoms with Crippen LogP contribution in [0.25, 0.3) is 10.9 Å². The number of ether oxygens (including phenoxy) is 1. The number of benzene rings is 3. The van der Waals surface area contributed by atoms with Gasteiger partial charge in [0.2, 0.25) is 5.91 Å². The molecule has 4 aromatic rings. The summed E-state index contributed by atoms with van der Waals surface area (Å²) in [7, 11) is 0. The van der Waals surface area contributed by atoms with Crippen LogP contribution in [0.4, 0.5) is 0 Å². The Morgan fingerprint density at radius 1 is 1.02 bits per heavy atom. The minimum atomic E-state index is -0.864. The van der Waals surface area contributed by atoms with Gasteiger partial charge in [0.05, 0.1) is 12.0 Å². The van der Waals surface area contributed by atoms with Crippen molar-refractivity contribution in [2.24, 2.45) is 11.1 Å². The molecule has 0 radical (unpaired) electrons. The second-order valence-electron chi connectivity index (χ2n) is 11.4. The fourth-order valence-electron chi connectivity index (χ4n) is 6.19. The molecule has 8 nitrogen and oxygen atoms in total. The summed E-state index contributed by atoms with van der Waals surface area (Å²) in [4.78, 5) is 46.4. The number of fused-ring (bicyclic) bond motifs is 1. The lowest BCUT2D eigenvalue weighted by Crippen LogP contribution is -2.57. The summed E-state index contributed by atoms with van der Waals surface area (Å²) in [6.45, 7) is 3.28. The molecule has 0 unspecified atom stereocenters. The average Bonchev–Trinajstić information content (AvgIpc) is 3.44. The van der Waals surface area contributed by atoms with Crippen molar-refractivity contribution in [2.45, 2.75) is 45.1 Å². The van der Waals surface area contributed by atoms with Gasteiger partial charge in [-0.25, -0.2) is 0 Å².